The molecule has 0 fully saturated rings. The molecule has 0 bridgehead atoms. The largest absolute Gasteiger partial charge is 0.482 e. The fraction of sp³-hybridized carbons (Fsp3) is 0.625. The van der Waals surface area contributed by atoms with Crippen molar-refractivity contribution in [2.45, 2.75) is 137 Å². The van der Waals surface area contributed by atoms with Crippen molar-refractivity contribution < 1.29 is 47.7 Å². The molecule has 0 aromatic heterocycles. The number of carbonyl (C=O) groups excluding carboxylic acids is 6. The highest BCUT2D eigenvalue weighted by atomic mass is 35.5. The van der Waals surface area contributed by atoms with E-state index < -0.39 is 47.0 Å². The zero-order valence-electron chi connectivity index (χ0n) is 35.5. The lowest BCUT2D eigenvalue weighted by atomic mass is 10.0. The monoisotopic (exact) mass is 856 g/mol. The van der Waals surface area contributed by atoms with Crippen molar-refractivity contribution >= 4 is 65.0 Å². The van der Waals surface area contributed by atoms with Crippen LogP contribution >= 0.6 is 23.2 Å². The SMILES string of the molecule is C=C(CC)C(=O)c1ccc(OCC(=O)NCCCCCCNC(=O)C(CCCNC(=NC(=O)OC(C)(C)C)NC(=O)OC(C)(C)C)NC(=O)OC(C)(C)C)c(Cl)c1Cl. The van der Waals surface area contributed by atoms with Crippen LogP contribution in [0.25, 0.3) is 0 Å². The molecule has 0 aliphatic heterocycles. The van der Waals surface area contributed by atoms with Crippen molar-refractivity contribution in [1.29, 1.82) is 0 Å². The molecule has 0 spiro atoms. The second-order valence-electron chi connectivity index (χ2n) is 16.2. The first kappa shape index (κ1) is 51.4. The van der Waals surface area contributed by atoms with E-state index in [0.717, 1.165) is 12.8 Å². The first-order valence-electron chi connectivity index (χ1n) is 19.2. The maximum absolute atomic E-state index is 13.2. The Morgan fingerprint density at radius 3 is 1.84 bits per heavy atom. The Labute approximate surface area is 352 Å². The molecule has 1 aromatic carbocycles. The van der Waals surface area contributed by atoms with Gasteiger partial charge in [-0.3, -0.25) is 19.7 Å². The van der Waals surface area contributed by atoms with E-state index in [-0.39, 0.29) is 58.6 Å². The van der Waals surface area contributed by atoms with Crippen molar-refractivity contribution in [2.24, 2.45) is 4.99 Å². The van der Waals surface area contributed by atoms with Crippen molar-refractivity contribution in [3.05, 3.63) is 39.9 Å². The minimum atomic E-state index is -0.952. The molecular formula is C40H62Cl2N6O10. The third kappa shape index (κ3) is 22.4. The first-order valence-corrected chi connectivity index (χ1v) is 20.0. The van der Waals surface area contributed by atoms with Crippen LogP contribution in [0.2, 0.25) is 10.0 Å². The van der Waals surface area contributed by atoms with Gasteiger partial charge in [0.25, 0.3) is 5.91 Å². The lowest BCUT2D eigenvalue weighted by Gasteiger charge is -2.23. The van der Waals surface area contributed by atoms with Gasteiger partial charge in [-0.25, -0.2) is 14.4 Å². The molecule has 1 aromatic rings. The van der Waals surface area contributed by atoms with E-state index in [4.69, 9.17) is 42.1 Å². The lowest BCUT2D eigenvalue weighted by molar-refractivity contribution is -0.124. The Hall–Kier alpha value is -4.57. The van der Waals surface area contributed by atoms with E-state index in [1.54, 1.807) is 62.3 Å². The number of nitrogens with one attached hydrogen (secondary N) is 5. The zero-order valence-corrected chi connectivity index (χ0v) is 37.0. The van der Waals surface area contributed by atoms with E-state index in [2.05, 4.69) is 38.2 Å². The summed E-state index contributed by atoms with van der Waals surface area (Å²) in [4.78, 5) is 79.1. The molecule has 1 unspecified atom stereocenters. The molecule has 0 heterocycles. The Morgan fingerprint density at radius 2 is 1.28 bits per heavy atom. The summed E-state index contributed by atoms with van der Waals surface area (Å²) in [7, 11) is 0. The predicted octanol–water partition coefficient (Wildman–Crippen LogP) is 7.39. The van der Waals surface area contributed by atoms with Crippen molar-refractivity contribution in [1.82, 2.24) is 26.6 Å². The van der Waals surface area contributed by atoms with Crippen LogP contribution in [0.5, 0.6) is 5.75 Å². The zero-order chi connectivity index (χ0) is 44.3. The smallest absolute Gasteiger partial charge is 0.437 e. The summed E-state index contributed by atoms with van der Waals surface area (Å²) in [5.74, 6) is -1.11. The molecule has 0 saturated heterocycles. The number of alkyl carbamates (subject to hydrolysis) is 2. The van der Waals surface area contributed by atoms with Crippen molar-refractivity contribution in [3.63, 3.8) is 0 Å². The molecule has 18 heteroatoms. The van der Waals surface area contributed by atoms with Gasteiger partial charge in [0.1, 0.15) is 33.6 Å². The number of guanidine groups is 1. The summed E-state index contributed by atoms with van der Waals surface area (Å²) in [5, 5.41) is 13.6. The van der Waals surface area contributed by atoms with Gasteiger partial charge in [-0.1, -0.05) is 49.5 Å². The lowest BCUT2D eigenvalue weighted by Crippen LogP contribution is -2.49. The standard InChI is InChI=1S/C40H62Cl2N6O10/c1-12-25(2)32(50)26-19-20-28(31(42)30(26)41)55-24-29(49)43-21-15-13-14-16-22-44-33(51)27(46-35(52)56-38(3,4)5)18-17-23-45-34(47-36(53)57-39(6,7)8)48-37(54)58-40(9,10)11/h19-20,27H,2,12-18,21-24H2,1,3-11H3,(H,43,49)(H,44,51)(H,46,52)(H2,45,47,48,53,54). The summed E-state index contributed by atoms with van der Waals surface area (Å²) in [5.41, 5.74) is -1.81. The first-order chi connectivity index (χ1) is 26.8. The van der Waals surface area contributed by atoms with Crippen LogP contribution in [0.15, 0.2) is 29.3 Å². The number of ether oxygens (including phenoxy) is 4. The molecular weight excluding hydrogens is 795 g/mol. The average molecular weight is 858 g/mol. The Morgan fingerprint density at radius 1 is 0.724 bits per heavy atom. The van der Waals surface area contributed by atoms with E-state index in [0.29, 0.717) is 44.3 Å². The number of halogens is 2. The summed E-state index contributed by atoms with van der Waals surface area (Å²) in [6.07, 6.45) is 1.27. The number of carbonyl (C=O) groups is 6. The number of allylic oxidation sites excluding steroid dienone is 1. The summed E-state index contributed by atoms with van der Waals surface area (Å²) < 4.78 is 21.4. The molecule has 326 valence electrons. The minimum Gasteiger partial charge on any atom is -0.482 e. The maximum atomic E-state index is 13.2. The van der Waals surface area contributed by atoms with Crippen LogP contribution in [0.3, 0.4) is 0 Å². The van der Waals surface area contributed by atoms with Gasteiger partial charge in [-0.15, -0.1) is 4.99 Å². The molecule has 16 nitrogen and oxygen atoms in total. The molecule has 0 aliphatic rings. The molecule has 0 radical (unpaired) electrons. The number of nitrogens with zero attached hydrogens (tertiary/aromatic N) is 1. The summed E-state index contributed by atoms with van der Waals surface area (Å²) >= 11 is 12.6. The molecule has 1 atom stereocenters. The van der Waals surface area contributed by atoms with Crippen LogP contribution < -0.4 is 31.3 Å². The normalized spacial score (nSPS) is 12.4. The van der Waals surface area contributed by atoms with Gasteiger partial charge in [0.05, 0.1) is 5.02 Å². The molecule has 1 rings (SSSR count). The van der Waals surface area contributed by atoms with Gasteiger partial charge in [0.2, 0.25) is 11.9 Å². The average Bonchev–Trinajstić information content (AvgIpc) is 3.07. The Kier molecular flexibility index (Phi) is 21.6. The van der Waals surface area contributed by atoms with Crippen molar-refractivity contribution in [2.75, 3.05) is 26.2 Å². The van der Waals surface area contributed by atoms with Crippen LogP contribution in [0.4, 0.5) is 14.4 Å². The number of rotatable bonds is 19. The minimum absolute atomic E-state index is 0.0330. The van der Waals surface area contributed by atoms with Gasteiger partial charge in [0.15, 0.2) is 12.4 Å². The number of ketones is 1. The van der Waals surface area contributed by atoms with Crippen LogP contribution in [0.1, 0.15) is 125 Å². The van der Waals surface area contributed by atoms with E-state index >= 15 is 0 Å². The van der Waals surface area contributed by atoms with E-state index in [1.807, 2.05) is 6.92 Å². The quantitative estimate of drug-likeness (QED) is 0.0231. The second kappa shape index (κ2) is 24.4. The van der Waals surface area contributed by atoms with E-state index in [1.165, 1.54) is 12.1 Å². The molecule has 5 N–H and O–H groups in total. The Balaban J connectivity index is 2.63. The van der Waals surface area contributed by atoms with Gasteiger partial charge >= 0.3 is 18.3 Å². The molecule has 0 saturated carbocycles. The second-order valence-corrected chi connectivity index (χ2v) is 17.0. The van der Waals surface area contributed by atoms with Gasteiger partial charge in [-0.2, -0.15) is 0 Å². The third-order valence-electron chi connectivity index (χ3n) is 7.31. The van der Waals surface area contributed by atoms with Gasteiger partial charge < -0.3 is 40.2 Å². The van der Waals surface area contributed by atoms with Crippen molar-refractivity contribution in [3.8, 4) is 5.75 Å². The highest BCUT2D eigenvalue weighted by Gasteiger charge is 2.25. The number of unbranched alkanes of at least 4 members (excludes halogenated alkanes) is 3. The summed E-state index contributed by atoms with van der Waals surface area (Å²) in [6, 6.07) is 2.02. The molecule has 5 amide bonds. The number of hydrogen-bond acceptors (Lipinski definition) is 10. The topological polar surface area (TPSA) is 212 Å². The maximum Gasteiger partial charge on any atom is 0.437 e. The fourth-order valence-corrected chi connectivity index (χ4v) is 5.11. The van der Waals surface area contributed by atoms with E-state index in [9.17, 15) is 28.8 Å². The number of aliphatic imine (C=N–C) groups is 1. The number of amides is 5. The highest BCUT2D eigenvalue weighted by Crippen LogP contribution is 2.35. The Bertz CT molecular complexity index is 1630. The van der Waals surface area contributed by atoms with Crippen LogP contribution in [-0.2, 0) is 23.8 Å². The number of hydrogen-bond donors (Lipinski definition) is 5. The number of Topliss-reactive ketones (excluding diaryl/α,β-unsaturated/α-hetero) is 1. The van der Waals surface area contributed by atoms with Gasteiger partial charge in [0, 0.05) is 25.2 Å². The predicted molar refractivity (Wildman–Crippen MR) is 224 cm³/mol. The van der Waals surface area contributed by atoms with Crippen LogP contribution in [-0.4, -0.2) is 90.9 Å². The van der Waals surface area contributed by atoms with Crippen LogP contribution in [0, 0.1) is 0 Å². The molecule has 0 aliphatic carbocycles. The van der Waals surface area contributed by atoms with Gasteiger partial charge in [-0.05, 0) is 112 Å². The third-order valence-corrected chi connectivity index (χ3v) is 8.17. The molecule has 58 heavy (non-hydrogen) atoms. The highest BCUT2D eigenvalue weighted by molar-refractivity contribution is 6.45. The fourth-order valence-electron chi connectivity index (χ4n) is 4.65. The number of benzene rings is 1. The summed E-state index contributed by atoms with van der Waals surface area (Å²) in [6.45, 7) is 21.3.